The number of nitrogens with zero attached hydrogens (tertiary/aromatic N) is 1. The van der Waals surface area contributed by atoms with Gasteiger partial charge in [0.1, 0.15) is 0 Å². The van der Waals surface area contributed by atoms with E-state index in [1.165, 1.54) is 19.8 Å². The lowest BCUT2D eigenvalue weighted by atomic mass is 9.41. The fourth-order valence-electron chi connectivity index (χ4n) is 13.9. The number of ether oxygens (including phenoxy) is 4. The number of primary amides is 1. The maximum atomic E-state index is 12.6. The monoisotopic (exact) mass is 710 g/mol. The van der Waals surface area contributed by atoms with Crippen LogP contribution in [-0.2, 0) is 28.5 Å². The van der Waals surface area contributed by atoms with Crippen LogP contribution in [0.3, 0.4) is 0 Å². The van der Waals surface area contributed by atoms with Crippen LogP contribution < -0.4 is 5.73 Å². The van der Waals surface area contributed by atoms with Gasteiger partial charge in [0.2, 0.25) is 5.91 Å². The molecule has 2 saturated heterocycles. The molecule has 0 radical (unpaired) electrons. The van der Waals surface area contributed by atoms with Crippen molar-refractivity contribution in [2.75, 3.05) is 26.2 Å². The summed E-state index contributed by atoms with van der Waals surface area (Å²) in [5, 5.41) is 23.6. The first kappa shape index (κ1) is 37.7. The highest BCUT2D eigenvalue weighted by molar-refractivity contribution is 5.85. The normalized spacial score (nSPS) is 49.1. The summed E-state index contributed by atoms with van der Waals surface area (Å²) in [5.74, 6) is 0.638. The second-order valence-corrected chi connectivity index (χ2v) is 18.9. The first-order valence-corrected chi connectivity index (χ1v) is 18.8. The van der Waals surface area contributed by atoms with Crippen LogP contribution in [0.25, 0.3) is 0 Å². The zero-order chi connectivity index (χ0) is 34.8. The molecule has 0 aromatic carbocycles. The molecular formula is C38H63ClN2O8. The number of hydrogen-bond acceptors (Lipinski definition) is 9. The lowest BCUT2D eigenvalue weighted by molar-refractivity contribution is -0.248. The lowest BCUT2D eigenvalue weighted by Crippen LogP contribution is -2.60. The molecule has 0 aromatic heterocycles. The molecule has 49 heavy (non-hydrogen) atoms. The van der Waals surface area contributed by atoms with Crippen LogP contribution in [0.4, 0.5) is 0 Å². The molecule has 4 N–H and O–H groups in total. The van der Waals surface area contributed by atoms with Crippen LogP contribution in [0.1, 0.15) is 107 Å². The molecule has 2 heterocycles. The van der Waals surface area contributed by atoms with E-state index in [1.807, 2.05) is 4.90 Å². The highest BCUT2D eigenvalue weighted by Crippen LogP contribution is 2.89. The van der Waals surface area contributed by atoms with Gasteiger partial charge >= 0.3 is 5.97 Å². The molecule has 7 rings (SSSR count). The second kappa shape index (κ2) is 12.3. The van der Waals surface area contributed by atoms with Gasteiger partial charge in [0.25, 0.3) is 0 Å². The number of carbonyl (C=O) groups excluding carboxylic acids is 2. The summed E-state index contributed by atoms with van der Waals surface area (Å²) in [6.45, 7) is 18.7. The van der Waals surface area contributed by atoms with Crippen LogP contribution in [0.15, 0.2) is 0 Å². The predicted octanol–water partition coefficient (Wildman–Crippen LogP) is 4.45. The topological polar surface area (TPSA) is 141 Å². The van der Waals surface area contributed by atoms with Gasteiger partial charge in [-0.1, -0.05) is 34.6 Å². The summed E-state index contributed by atoms with van der Waals surface area (Å²) in [7, 11) is 0. The van der Waals surface area contributed by atoms with E-state index < -0.39 is 29.9 Å². The van der Waals surface area contributed by atoms with Crippen molar-refractivity contribution in [3.8, 4) is 0 Å². The highest BCUT2D eigenvalue weighted by atomic mass is 35.5. The first-order valence-electron chi connectivity index (χ1n) is 18.8. The van der Waals surface area contributed by atoms with Crippen LogP contribution in [0.2, 0.25) is 0 Å². The molecule has 1 amide bonds. The minimum absolute atomic E-state index is 0. The van der Waals surface area contributed by atoms with E-state index >= 15 is 0 Å². The highest BCUT2D eigenvalue weighted by Gasteiger charge is 2.84. The molecular weight excluding hydrogens is 648 g/mol. The lowest BCUT2D eigenvalue weighted by Gasteiger charge is -2.64. The van der Waals surface area contributed by atoms with Gasteiger partial charge in [-0.05, 0) is 111 Å². The van der Waals surface area contributed by atoms with Crippen molar-refractivity contribution in [1.82, 2.24) is 4.90 Å². The van der Waals surface area contributed by atoms with Crippen molar-refractivity contribution in [3.63, 3.8) is 0 Å². The Morgan fingerprint density at radius 1 is 1.06 bits per heavy atom. The van der Waals surface area contributed by atoms with Gasteiger partial charge in [-0.25, -0.2) is 0 Å². The molecule has 3 unspecified atom stereocenters. The smallest absolute Gasteiger partial charge is 0.303 e. The van der Waals surface area contributed by atoms with Crippen molar-refractivity contribution in [3.05, 3.63) is 0 Å². The van der Waals surface area contributed by atoms with E-state index in [9.17, 15) is 19.8 Å². The number of nitrogens with two attached hydrogens (primary N) is 1. The van der Waals surface area contributed by atoms with Gasteiger partial charge in [-0.15, -0.1) is 12.4 Å². The van der Waals surface area contributed by atoms with Crippen molar-refractivity contribution in [1.29, 1.82) is 0 Å². The predicted molar refractivity (Wildman–Crippen MR) is 185 cm³/mol. The first-order chi connectivity index (χ1) is 22.3. The second-order valence-electron chi connectivity index (χ2n) is 18.9. The molecule has 5 saturated carbocycles. The van der Waals surface area contributed by atoms with Crippen molar-refractivity contribution in [2.45, 2.75) is 149 Å². The van der Waals surface area contributed by atoms with Crippen molar-refractivity contribution < 1.29 is 38.7 Å². The Morgan fingerprint density at radius 3 is 2.39 bits per heavy atom. The summed E-state index contributed by atoms with van der Waals surface area (Å²) in [6.07, 6.45) is 6.00. The number of morpholine rings is 1. The average Bonchev–Trinajstić information content (AvgIpc) is 3.61. The Hall–Kier alpha value is -1.01. The molecule has 5 aliphatic carbocycles. The van der Waals surface area contributed by atoms with Crippen LogP contribution in [0.5, 0.6) is 0 Å². The minimum atomic E-state index is -1.27. The van der Waals surface area contributed by atoms with Gasteiger partial charge < -0.3 is 34.9 Å². The number of fused-ring (bicyclic) bond motifs is 4. The number of rotatable bonds is 7. The van der Waals surface area contributed by atoms with E-state index in [0.717, 1.165) is 32.1 Å². The summed E-state index contributed by atoms with van der Waals surface area (Å²) < 4.78 is 25.3. The van der Waals surface area contributed by atoms with E-state index in [0.29, 0.717) is 38.0 Å². The number of amides is 1. The Kier molecular flexibility index (Phi) is 9.45. The van der Waals surface area contributed by atoms with E-state index in [1.54, 1.807) is 13.8 Å². The summed E-state index contributed by atoms with van der Waals surface area (Å²) in [5.41, 5.74) is 4.28. The number of hydrogen-bond donors (Lipinski definition) is 3. The number of halogens is 1. The molecule has 7 aliphatic rings. The van der Waals surface area contributed by atoms with E-state index in [4.69, 9.17) is 24.7 Å². The average molecular weight is 711 g/mol. The SMILES string of the molecule is CC(=O)O[C@@H]([C@H]1C[C@@H](C)C2C(O1)[C@H](O)[C@@]1(C)[C@@H]3CC[C@H]4C(C)(C)[C@@H](OC5CN(CC(N)=O)CCO5)CC[C@@]45C[C@@]35CC[C@]21C)C(C)(C)O.Cl. The van der Waals surface area contributed by atoms with Crippen LogP contribution in [0, 0.1) is 50.7 Å². The van der Waals surface area contributed by atoms with E-state index in [-0.39, 0.29) is 82.3 Å². The fraction of sp³-hybridized carbons (Fsp3) is 0.947. The number of esters is 1. The van der Waals surface area contributed by atoms with Gasteiger partial charge in [-0.3, -0.25) is 14.5 Å². The third kappa shape index (κ3) is 5.38. The van der Waals surface area contributed by atoms with Crippen LogP contribution in [-0.4, -0.2) is 95.6 Å². The summed E-state index contributed by atoms with van der Waals surface area (Å²) >= 11 is 0. The minimum Gasteiger partial charge on any atom is -0.457 e. The molecule has 2 aliphatic heterocycles. The summed E-state index contributed by atoms with van der Waals surface area (Å²) in [6, 6.07) is 0. The Balaban J connectivity index is 0.00000417. The zero-order valence-electron chi connectivity index (χ0n) is 31.0. The molecule has 7 fully saturated rings. The Bertz CT molecular complexity index is 1310. The van der Waals surface area contributed by atoms with Gasteiger partial charge in [0.05, 0.1) is 49.7 Å². The number of carbonyl (C=O) groups is 2. The van der Waals surface area contributed by atoms with Crippen LogP contribution >= 0.6 is 12.4 Å². The molecule has 11 heteroatoms. The maximum absolute atomic E-state index is 12.6. The van der Waals surface area contributed by atoms with Crippen molar-refractivity contribution >= 4 is 24.3 Å². The third-order valence-electron chi connectivity index (χ3n) is 15.9. The fourth-order valence-corrected chi connectivity index (χ4v) is 13.9. The molecule has 2 spiro atoms. The molecule has 0 aromatic rings. The number of aliphatic hydroxyl groups is 2. The Morgan fingerprint density at radius 2 is 1.73 bits per heavy atom. The standard InChI is InChI=1S/C38H62N2O8.ClH/c1-21-17-23(32(34(5,6)44)46-22(2)41)47-30-29(21)35(7)13-14-38-20-37(38)12-11-26(48-28-19-40(15-16-45-28)18-27(39)42)33(3,4)24(37)9-10-25(38)36(35,8)31(30)43;/h21,23-26,28-32,43-44H,9-20H2,1-8H3,(H2,39,42);1H/t21-,23-,24+,25+,26+,28?,29?,30?,31+,32+,35-,36-,37-,38+;/m1./s1. The van der Waals surface area contributed by atoms with Crippen molar-refractivity contribution in [2.24, 2.45) is 56.5 Å². The molecule has 280 valence electrons. The maximum Gasteiger partial charge on any atom is 0.303 e. The quantitative estimate of drug-likeness (QED) is 0.327. The third-order valence-corrected chi connectivity index (χ3v) is 15.9. The Labute approximate surface area is 299 Å². The zero-order valence-corrected chi connectivity index (χ0v) is 31.9. The largest absolute Gasteiger partial charge is 0.457 e. The summed E-state index contributed by atoms with van der Waals surface area (Å²) in [4.78, 5) is 25.7. The molecule has 0 bridgehead atoms. The van der Waals surface area contributed by atoms with Gasteiger partial charge in [0, 0.05) is 18.9 Å². The van der Waals surface area contributed by atoms with E-state index in [2.05, 4.69) is 34.6 Å². The molecule has 10 nitrogen and oxygen atoms in total. The number of aliphatic hydroxyl groups excluding tert-OH is 1. The molecule has 14 atom stereocenters. The van der Waals surface area contributed by atoms with Gasteiger partial charge in [-0.2, -0.15) is 0 Å². The van der Waals surface area contributed by atoms with Gasteiger partial charge in [0.15, 0.2) is 12.4 Å².